The summed E-state index contributed by atoms with van der Waals surface area (Å²) in [6.45, 7) is 5.38. The van der Waals surface area contributed by atoms with Gasteiger partial charge < -0.3 is 25.1 Å². The fraction of sp³-hybridized carbons (Fsp3) is 0.0968. The summed E-state index contributed by atoms with van der Waals surface area (Å²) in [7, 11) is 3.45. The van der Waals surface area contributed by atoms with Crippen LogP contribution in [-0.4, -0.2) is 27.6 Å². The molecule has 198 valence electrons. The van der Waals surface area contributed by atoms with Crippen LogP contribution in [0, 0.1) is 18.3 Å². The summed E-state index contributed by atoms with van der Waals surface area (Å²) in [5, 5.41) is 13.3. The Balaban J connectivity index is 1.71. The number of carbonyl (C=O) groups excluding carboxylic acids is 1. The third-order valence-corrected chi connectivity index (χ3v) is 6.50. The van der Waals surface area contributed by atoms with E-state index < -0.39 is 0 Å². The number of rotatable bonds is 7. The van der Waals surface area contributed by atoms with Crippen molar-refractivity contribution in [3.05, 3.63) is 90.8 Å². The first-order valence-electron chi connectivity index (χ1n) is 12.3. The Morgan fingerprint density at radius 1 is 1.12 bits per heavy atom. The van der Waals surface area contributed by atoms with Gasteiger partial charge in [-0.2, -0.15) is 5.26 Å². The topological polar surface area (TPSA) is 128 Å². The zero-order valence-corrected chi connectivity index (χ0v) is 22.2. The van der Waals surface area contributed by atoms with Crippen LogP contribution in [0.15, 0.2) is 79.5 Å². The number of aromatic nitrogens is 3. The summed E-state index contributed by atoms with van der Waals surface area (Å²) in [6, 6.07) is 20.7. The van der Waals surface area contributed by atoms with Gasteiger partial charge in [-0.25, -0.2) is 9.97 Å². The van der Waals surface area contributed by atoms with Crippen LogP contribution >= 0.6 is 0 Å². The van der Waals surface area contributed by atoms with Gasteiger partial charge in [0.25, 0.3) is 0 Å². The number of anilines is 2. The number of nitriles is 1. The van der Waals surface area contributed by atoms with E-state index in [0.29, 0.717) is 45.4 Å². The zero-order valence-electron chi connectivity index (χ0n) is 22.2. The molecule has 3 aromatic heterocycles. The number of carbonyl (C=O) groups is 1. The molecule has 5 rings (SSSR count). The van der Waals surface area contributed by atoms with Crippen LogP contribution in [0.3, 0.4) is 0 Å². The standard InChI is InChI=1S/C31H26N6O3/c1-5-25(38)36-22-12-9-19(10-13-22)29-27(28-30(37(29)3)21(16-32)17-34-31(28)33)20-11-14-23(24(15-20)39-4)40-26-8-6-7-18(2)35-26/h5-15,17H,1H2,2-4H3,(H2,33,34)(H,36,38). The average molecular weight is 531 g/mol. The maximum atomic E-state index is 11.8. The van der Waals surface area contributed by atoms with E-state index in [1.807, 2.05) is 61.0 Å². The number of hydrogen-bond acceptors (Lipinski definition) is 7. The lowest BCUT2D eigenvalue weighted by Gasteiger charge is -2.14. The molecule has 5 aromatic rings. The Kier molecular flexibility index (Phi) is 6.91. The second-order valence-electron chi connectivity index (χ2n) is 9.03. The number of pyridine rings is 2. The van der Waals surface area contributed by atoms with Crippen LogP contribution in [0.5, 0.6) is 17.4 Å². The molecule has 0 saturated carbocycles. The Hall–Kier alpha value is -5.62. The van der Waals surface area contributed by atoms with E-state index in [-0.39, 0.29) is 5.91 Å². The third kappa shape index (κ3) is 4.70. The lowest BCUT2D eigenvalue weighted by Crippen LogP contribution is -2.06. The number of fused-ring (bicyclic) bond motifs is 1. The van der Waals surface area contributed by atoms with Gasteiger partial charge in [-0.15, -0.1) is 0 Å². The quantitative estimate of drug-likeness (QED) is 0.247. The van der Waals surface area contributed by atoms with Crippen LogP contribution in [-0.2, 0) is 11.8 Å². The van der Waals surface area contributed by atoms with Crippen molar-refractivity contribution < 1.29 is 14.3 Å². The van der Waals surface area contributed by atoms with E-state index in [2.05, 4.69) is 27.9 Å². The van der Waals surface area contributed by atoms with Gasteiger partial charge in [-0.05, 0) is 54.5 Å². The molecule has 0 spiro atoms. The molecule has 0 saturated heterocycles. The van der Waals surface area contributed by atoms with Gasteiger partial charge in [0.15, 0.2) is 11.5 Å². The van der Waals surface area contributed by atoms with Crippen LogP contribution in [0.4, 0.5) is 11.5 Å². The molecule has 3 N–H and O–H groups in total. The smallest absolute Gasteiger partial charge is 0.247 e. The van der Waals surface area contributed by atoms with Crippen molar-refractivity contribution in [2.24, 2.45) is 7.05 Å². The number of hydrogen-bond donors (Lipinski definition) is 2. The summed E-state index contributed by atoms with van der Waals surface area (Å²) in [4.78, 5) is 20.5. The minimum Gasteiger partial charge on any atom is -0.493 e. The number of nitrogen functional groups attached to an aromatic ring is 1. The maximum Gasteiger partial charge on any atom is 0.247 e. The molecule has 0 radical (unpaired) electrons. The number of nitrogens with zero attached hydrogens (tertiary/aromatic N) is 4. The van der Waals surface area contributed by atoms with Crippen LogP contribution in [0.2, 0.25) is 0 Å². The molecule has 0 fully saturated rings. The number of benzene rings is 2. The lowest BCUT2D eigenvalue weighted by molar-refractivity contribution is -0.111. The van der Waals surface area contributed by atoms with Gasteiger partial charge in [-0.1, -0.05) is 30.8 Å². The van der Waals surface area contributed by atoms with E-state index >= 15 is 0 Å². The molecule has 40 heavy (non-hydrogen) atoms. The van der Waals surface area contributed by atoms with Crippen molar-refractivity contribution in [2.75, 3.05) is 18.2 Å². The second-order valence-corrected chi connectivity index (χ2v) is 9.03. The normalized spacial score (nSPS) is 10.7. The molecule has 0 atom stereocenters. The Morgan fingerprint density at radius 3 is 2.55 bits per heavy atom. The Labute approximate surface area is 231 Å². The Morgan fingerprint density at radius 2 is 1.88 bits per heavy atom. The highest BCUT2D eigenvalue weighted by molar-refractivity contribution is 6.11. The van der Waals surface area contributed by atoms with E-state index in [9.17, 15) is 10.1 Å². The number of ether oxygens (including phenoxy) is 2. The van der Waals surface area contributed by atoms with Crippen LogP contribution in [0.25, 0.3) is 33.3 Å². The molecule has 1 amide bonds. The van der Waals surface area contributed by atoms with Crippen molar-refractivity contribution in [1.82, 2.24) is 14.5 Å². The van der Waals surface area contributed by atoms with Crippen LogP contribution in [0.1, 0.15) is 11.3 Å². The minimum atomic E-state index is -0.300. The summed E-state index contributed by atoms with van der Waals surface area (Å²) in [5.41, 5.74) is 12.2. The molecule has 3 heterocycles. The number of aryl methyl sites for hydroxylation is 2. The summed E-state index contributed by atoms with van der Waals surface area (Å²) >= 11 is 0. The van der Waals surface area contributed by atoms with Crippen molar-refractivity contribution in [3.8, 4) is 45.8 Å². The molecule has 0 unspecified atom stereocenters. The number of nitrogens with one attached hydrogen (secondary N) is 1. The third-order valence-electron chi connectivity index (χ3n) is 6.50. The monoisotopic (exact) mass is 530 g/mol. The highest BCUT2D eigenvalue weighted by atomic mass is 16.5. The molecular weight excluding hydrogens is 504 g/mol. The molecule has 9 heteroatoms. The SMILES string of the molecule is C=CC(=O)Nc1ccc(-c2c(-c3ccc(Oc4cccc(C)n4)c(OC)c3)c3c(N)ncc(C#N)c3n2C)cc1. The first-order valence-corrected chi connectivity index (χ1v) is 12.3. The fourth-order valence-corrected chi connectivity index (χ4v) is 4.71. The van der Waals surface area contributed by atoms with E-state index in [4.69, 9.17) is 15.2 Å². The van der Waals surface area contributed by atoms with Crippen molar-refractivity contribution in [3.63, 3.8) is 0 Å². The van der Waals surface area contributed by atoms with Gasteiger partial charge in [0.2, 0.25) is 11.8 Å². The van der Waals surface area contributed by atoms with E-state index in [1.54, 1.807) is 25.3 Å². The van der Waals surface area contributed by atoms with Gasteiger partial charge in [0.05, 0.1) is 29.3 Å². The van der Waals surface area contributed by atoms with Crippen molar-refractivity contribution >= 4 is 28.3 Å². The van der Waals surface area contributed by atoms with E-state index in [0.717, 1.165) is 28.1 Å². The largest absolute Gasteiger partial charge is 0.493 e. The first-order chi connectivity index (χ1) is 19.3. The predicted octanol–water partition coefficient (Wildman–Crippen LogP) is 5.99. The van der Waals surface area contributed by atoms with Crippen LogP contribution < -0.4 is 20.5 Å². The minimum absolute atomic E-state index is 0.295. The summed E-state index contributed by atoms with van der Waals surface area (Å²) in [6.07, 6.45) is 2.69. The molecule has 9 nitrogen and oxygen atoms in total. The van der Waals surface area contributed by atoms with Crippen molar-refractivity contribution in [1.29, 1.82) is 5.26 Å². The molecular formula is C31H26N6O3. The van der Waals surface area contributed by atoms with Gasteiger partial charge in [0, 0.05) is 36.3 Å². The molecule has 0 aliphatic rings. The van der Waals surface area contributed by atoms with Gasteiger partial charge in [0.1, 0.15) is 11.9 Å². The molecule has 2 aromatic carbocycles. The van der Waals surface area contributed by atoms with Gasteiger partial charge >= 0.3 is 0 Å². The molecule has 0 aliphatic heterocycles. The highest BCUT2D eigenvalue weighted by Crippen LogP contribution is 2.45. The summed E-state index contributed by atoms with van der Waals surface area (Å²) < 4.78 is 13.7. The average Bonchev–Trinajstić information content (AvgIpc) is 3.27. The fourth-order valence-electron chi connectivity index (χ4n) is 4.71. The second kappa shape index (κ2) is 10.6. The first kappa shape index (κ1) is 26.0. The predicted molar refractivity (Wildman–Crippen MR) is 155 cm³/mol. The van der Waals surface area contributed by atoms with E-state index in [1.165, 1.54) is 12.3 Å². The Bertz CT molecular complexity index is 1820. The highest BCUT2D eigenvalue weighted by Gasteiger charge is 2.24. The summed E-state index contributed by atoms with van der Waals surface area (Å²) in [5.74, 6) is 1.44. The zero-order chi connectivity index (χ0) is 28.4. The number of amides is 1. The number of nitrogens with two attached hydrogens (primary N) is 1. The molecule has 0 bridgehead atoms. The number of methoxy groups -OCH3 is 1. The molecule has 0 aliphatic carbocycles. The maximum absolute atomic E-state index is 11.8. The van der Waals surface area contributed by atoms with Crippen molar-refractivity contribution in [2.45, 2.75) is 6.92 Å². The van der Waals surface area contributed by atoms with Gasteiger partial charge in [-0.3, -0.25) is 4.79 Å². The lowest BCUT2D eigenvalue weighted by atomic mass is 9.97.